The van der Waals surface area contributed by atoms with Crippen molar-refractivity contribution in [3.63, 3.8) is 0 Å². The van der Waals surface area contributed by atoms with Gasteiger partial charge in [0.1, 0.15) is 12.3 Å². The molecule has 0 spiro atoms. The summed E-state index contributed by atoms with van der Waals surface area (Å²) in [5.41, 5.74) is 3.30. The molecule has 0 fully saturated rings. The first-order chi connectivity index (χ1) is 14.1. The average Bonchev–Trinajstić information content (AvgIpc) is 3.33. The monoisotopic (exact) mass is 389 g/mol. The van der Waals surface area contributed by atoms with E-state index in [2.05, 4.69) is 0 Å². The molecule has 0 radical (unpaired) electrons. The zero-order chi connectivity index (χ0) is 20.4. The number of rotatable bonds is 6. The Labute approximate surface area is 168 Å². The van der Waals surface area contributed by atoms with Crippen molar-refractivity contribution in [3.05, 3.63) is 88.7 Å². The van der Waals surface area contributed by atoms with E-state index < -0.39 is 0 Å². The molecule has 0 atom stereocenters. The highest BCUT2D eigenvalue weighted by atomic mass is 16.3. The van der Waals surface area contributed by atoms with E-state index in [0.717, 1.165) is 22.3 Å². The van der Waals surface area contributed by atoms with E-state index in [1.807, 2.05) is 68.4 Å². The van der Waals surface area contributed by atoms with Gasteiger partial charge in [-0.3, -0.25) is 13.9 Å². The highest BCUT2D eigenvalue weighted by Gasteiger charge is 2.21. The topological polar surface area (TPSA) is 60.4 Å². The maximum Gasteiger partial charge on any atom is 0.329 e. The lowest BCUT2D eigenvalue weighted by Gasteiger charge is -2.22. The van der Waals surface area contributed by atoms with Gasteiger partial charge in [-0.1, -0.05) is 29.8 Å². The van der Waals surface area contributed by atoms with Crippen LogP contribution in [-0.2, 0) is 24.4 Å². The number of aryl methyl sites for hydroxylation is 2. The fraction of sp³-hybridized carbons (Fsp3) is 0.217. The van der Waals surface area contributed by atoms with Crippen molar-refractivity contribution in [1.82, 2.24) is 9.13 Å². The Morgan fingerprint density at radius 2 is 1.66 bits per heavy atom. The molecule has 148 valence electrons. The smallest absolute Gasteiger partial charge is 0.329 e. The van der Waals surface area contributed by atoms with Crippen LogP contribution in [0, 0.1) is 6.92 Å². The molecule has 0 unspecified atom stereocenters. The third kappa shape index (κ3) is 3.61. The number of fused-ring (bicyclic) bond motifs is 1. The SMILES string of the molecule is CCn1c(=O)n(CC(=O)N(Cc2ccco2)c2ccc(C)cc2)c2ccccc21. The zero-order valence-corrected chi connectivity index (χ0v) is 16.5. The second kappa shape index (κ2) is 7.83. The van der Waals surface area contributed by atoms with Crippen LogP contribution in [-0.4, -0.2) is 15.0 Å². The van der Waals surface area contributed by atoms with Crippen molar-refractivity contribution in [3.8, 4) is 0 Å². The molecule has 2 aromatic heterocycles. The number of amides is 1. The van der Waals surface area contributed by atoms with Gasteiger partial charge in [0, 0.05) is 12.2 Å². The van der Waals surface area contributed by atoms with Gasteiger partial charge in [-0.05, 0) is 50.2 Å². The Bertz CT molecular complexity index is 1180. The third-order valence-corrected chi connectivity index (χ3v) is 5.08. The minimum Gasteiger partial charge on any atom is -0.467 e. The summed E-state index contributed by atoms with van der Waals surface area (Å²) in [6.07, 6.45) is 1.59. The zero-order valence-electron chi connectivity index (χ0n) is 16.5. The summed E-state index contributed by atoms with van der Waals surface area (Å²) in [5, 5.41) is 0. The van der Waals surface area contributed by atoms with E-state index in [1.165, 1.54) is 0 Å². The second-order valence-electron chi connectivity index (χ2n) is 7.00. The minimum absolute atomic E-state index is 0.0407. The molecule has 6 heteroatoms. The standard InChI is InChI=1S/C23H23N3O3/c1-3-24-20-8-4-5-9-21(20)26(23(24)28)16-22(27)25(15-19-7-6-14-29-19)18-12-10-17(2)11-13-18/h4-14H,3,15-16H2,1-2H3. The van der Waals surface area contributed by atoms with Gasteiger partial charge in [0.05, 0.1) is 23.8 Å². The van der Waals surface area contributed by atoms with Crippen molar-refractivity contribution >= 4 is 22.6 Å². The number of anilines is 1. The van der Waals surface area contributed by atoms with Crippen LogP contribution in [0.3, 0.4) is 0 Å². The van der Waals surface area contributed by atoms with Crippen LogP contribution in [0.4, 0.5) is 5.69 Å². The van der Waals surface area contributed by atoms with Gasteiger partial charge in [-0.2, -0.15) is 0 Å². The summed E-state index contributed by atoms with van der Waals surface area (Å²) in [4.78, 5) is 27.9. The van der Waals surface area contributed by atoms with Gasteiger partial charge in [0.15, 0.2) is 0 Å². The van der Waals surface area contributed by atoms with Gasteiger partial charge in [-0.25, -0.2) is 4.79 Å². The Balaban J connectivity index is 1.72. The molecular formula is C23H23N3O3. The van der Waals surface area contributed by atoms with Crippen molar-refractivity contribution in [2.24, 2.45) is 0 Å². The van der Waals surface area contributed by atoms with Gasteiger partial charge in [0.25, 0.3) is 0 Å². The van der Waals surface area contributed by atoms with Crippen molar-refractivity contribution in [2.45, 2.75) is 33.5 Å². The normalized spacial score (nSPS) is 11.1. The summed E-state index contributed by atoms with van der Waals surface area (Å²) in [5.74, 6) is 0.508. The third-order valence-electron chi connectivity index (χ3n) is 5.08. The lowest BCUT2D eigenvalue weighted by molar-refractivity contribution is -0.119. The maximum absolute atomic E-state index is 13.3. The van der Waals surface area contributed by atoms with E-state index >= 15 is 0 Å². The molecule has 4 rings (SSSR count). The molecular weight excluding hydrogens is 366 g/mol. The number of para-hydroxylation sites is 2. The molecule has 29 heavy (non-hydrogen) atoms. The number of aromatic nitrogens is 2. The molecule has 0 aliphatic carbocycles. The van der Waals surface area contributed by atoms with E-state index in [4.69, 9.17) is 4.42 Å². The number of hydrogen-bond acceptors (Lipinski definition) is 3. The van der Waals surface area contributed by atoms with Crippen LogP contribution in [0.2, 0.25) is 0 Å². The molecule has 0 bridgehead atoms. The summed E-state index contributed by atoms with van der Waals surface area (Å²) in [6, 6.07) is 18.9. The Hall–Kier alpha value is -3.54. The molecule has 0 aliphatic heterocycles. The lowest BCUT2D eigenvalue weighted by Crippen LogP contribution is -2.36. The largest absolute Gasteiger partial charge is 0.467 e. The highest BCUT2D eigenvalue weighted by Crippen LogP contribution is 2.20. The van der Waals surface area contributed by atoms with Crippen LogP contribution in [0.15, 0.2) is 76.1 Å². The molecule has 0 saturated heterocycles. The number of furan rings is 1. The Morgan fingerprint density at radius 3 is 2.28 bits per heavy atom. The number of carbonyl (C=O) groups is 1. The minimum atomic E-state index is -0.177. The van der Waals surface area contributed by atoms with Gasteiger partial charge < -0.3 is 9.32 Å². The van der Waals surface area contributed by atoms with Crippen LogP contribution in [0.1, 0.15) is 18.2 Å². The number of imidazole rings is 1. The average molecular weight is 389 g/mol. The summed E-state index contributed by atoms with van der Waals surface area (Å²) >= 11 is 0. The van der Waals surface area contributed by atoms with Crippen molar-refractivity contribution in [1.29, 1.82) is 0 Å². The Morgan fingerprint density at radius 1 is 0.966 bits per heavy atom. The molecule has 4 aromatic rings. The quantitative estimate of drug-likeness (QED) is 0.502. The van der Waals surface area contributed by atoms with Crippen LogP contribution in [0.25, 0.3) is 11.0 Å². The number of carbonyl (C=O) groups excluding carboxylic acids is 1. The predicted octanol–water partition coefficient (Wildman–Crippen LogP) is 3.96. The van der Waals surface area contributed by atoms with Crippen molar-refractivity contribution < 1.29 is 9.21 Å². The number of nitrogens with zero attached hydrogens (tertiary/aromatic N) is 3. The first-order valence-corrected chi connectivity index (χ1v) is 9.66. The fourth-order valence-electron chi connectivity index (χ4n) is 3.56. The Kier molecular flexibility index (Phi) is 5.08. The summed E-state index contributed by atoms with van der Waals surface area (Å²) in [6.45, 7) is 4.74. The molecule has 0 saturated carbocycles. The molecule has 0 N–H and O–H groups in total. The van der Waals surface area contributed by atoms with Crippen LogP contribution >= 0.6 is 0 Å². The molecule has 2 aromatic carbocycles. The first kappa shape index (κ1) is 18.8. The number of hydrogen-bond donors (Lipinski definition) is 0. The number of benzene rings is 2. The van der Waals surface area contributed by atoms with Crippen molar-refractivity contribution in [2.75, 3.05) is 4.90 Å². The van der Waals surface area contributed by atoms with E-state index in [-0.39, 0.29) is 18.1 Å². The molecule has 1 amide bonds. The fourth-order valence-corrected chi connectivity index (χ4v) is 3.56. The first-order valence-electron chi connectivity index (χ1n) is 9.66. The summed E-state index contributed by atoms with van der Waals surface area (Å²) in [7, 11) is 0. The van der Waals surface area contributed by atoms with Gasteiger partial charge in [0.2, 0.25) is 5.91 Å². The van der Waals surface area contributed by atoms with E-state index in [9.17, 15) is 9.59 Å². The summed E-state index contributed by atoms with van der Waals surface area (Å²) < 4.78 is 8.69. The van der Waals surface area contributed by atoms with E-state index in [1.54, 1.807) is 26.4 Å². The van der Waals surface area contributed by atoms with Crippen LogP contribution in [0.5, 0.6) is 0 Å². The molecule has 0 aliphatic rings. The molecule has 6 nitrogen and oxygen atoms in total. The van der Waals surface area contributed by atoms with E-state index in [0.29, 0.717) is 18.8 Å². The maximum atomic E-state index is 13.3. The second-order valence-corrected chi connectivity index (χ2v) is 7.00. The van der Waals surface area contributed by atoms with Gasteiger partial charge >= 0.3 is 5.69 Å². The van der Waals surface area contributed by atoms with Crippen LogP contribution < -0.4 is 10.6 Å². The van der Waals surface area contributed by atoms with Gasteiger partial charge in [-0.15, -0.1) is 0 Å². The predicted molar refractivity (Wildman–Crippen MR) is 113 cm³/mol. The highest BCUT2D eigenvalue weighted by molar-refractivity contribution is 5.94. The molecule has 2 heterocycles. The lowest BCUT2D eigenvalue weighted by atomic mass is 10.2.